The van der Waals surface area contributed by atoms with E-state index < -0.39 is 17.8 Å². The molecule has 0 saturated carbocycles. The molecule has 0 spiro atoms. The maximum atomic E-state index is 12.9. The largest absolute Gasteiger partial charge is 0.383 e. The summed E-state index contributed by atoms with van der Waals surface area (Å²) >= 11 is 5.30. The summed E-state index contributed by atoms with van der Waals surface area (Å²) in [5.74, 6) is -1.59. The van der Waals surface area contributed by atoms with E-state index in [4.69, 9.17) is 17.3 Å². The van der Waals surface area contributed by atoms with Gasteiger partial charge in [-0.3, -0.25) is 0 Å². The van der Waals surface area contributed by atoms with Crippen LogP contribution in [0.15, 0.2) is 6.20 Å². The number of anilines is 1. The van der Waals surface area contributed by atoms with Crippen molar-refractivity contribution >= 4 is 17.4 Å². The molecule has 6 heteroatoms. The second-order valence-corrected chi connectivity index (χ2v) is 2.59. The molecule has 0 atom stereocenters. The number of aromatic nitrogens is 1. The van der Waals surface area contributed by atoms with Crippen molar-refractivity contribution in [3.8, 4) is 0 Å². The Hall–Kier alpha value is -0.970. The summed E-state index contributed by atoms with van der Waals surface area (Å²) < 4.78 is 37.5. The highest BCUT2D eigenvalue weighted by Crippen LogP contribution is 2.29. The van der Waals surface area contributed by atoms with Crippen molar-refractivity contribution in [3.63, 3.8) is 0 Å². The Balaban J connectivity index is 3.35. The maximum Gasteiger partial charge on any atom is 0.267 e. The van der Waals surface area contributed by atoms with Gasteiger partial charge in [0.1, 0.15) is 11.6 Å². The molecule has 0 aromatic carbocycles. The van der Waals surface area contributed by atoms with E-state index in [9.17, 15) is 13.2 Å². The maximum absolute atomic E-state index is 12.9. The summed E-state index contributed by atoms with van der Waals surface area (Å²) in [6, 6.07) is 0. The van der Waals surface area contributed by atoms with Gasteiger partial charge >= 0.3 is 0 Å². The topological polar surface area (TPSA) is 38.9 Å². The number of alkyl halides is 3. The van der Waals surface area contributed by atoms with Gasteiger partial charge in [-0.2, -0.15) is 0 Å². The predicted molar refractivity (Wildman–Crippen MR) is 43.1 cm³/mol. The SMILES string of the molecule is Nc1ncc(F)c(CCl)c1C(F)F. The van der Waals surface area contributed by atoms with Gasteiger partial charge in [0, 0.05) is 5.56 Å². The Kier molecular flexibility index (Phi) is 2.98. The van der Waals surface area contributed by atoms with Crippen molar-refractivity contribution in [3.05, 3.63) is 23.1 Å². The van der Waals surface area contributed by atoms with Crippen molar-refractivity contribution in [2.45, 2.75) is 12.3 Å². The molecule has 0 bridgehead atoms. The molecule has 0 aliphatic rings. The smallest absolute Gasteiger partial charge is 0.267 e. The summed E-state index contributed by atoms with van der Waals surface area (Å²) in [6.45, 7) is 0. The highest BCUT2D eigenvalue weighted by Gasteiger charge is 2.20. The number of nitrogens with two attached hydrogens (primary N) is 1. The minimum Gasteiger partial charge on any atom is -0.383 e. The van der Waals surface area contributed by atoms with Gasteiger partial charge in [-0.05, 0) is 0 Å². The van der Waals surface area contributed by atoms with Gasteiger partial charge in [-0.1, -0.05) is 0 Å². The van der Waals surface area contributed by atoms with Gasteiger partial charge in [0.05, 0.1) is 17.6 Å². The van der Waals surface area contributed by atoms with E-state index in [2.05, 4.69) is 4.98 Å². The lowest BCUT2D eigenvalue weighted by Gasteiger charge is -2.08. The third-order valence-electron chi connectivity index (χ3n) is 1.56. The van der Waals surface area contributed by atoms with Crippen LogP contribution in [-0.2, 0) is 5.88 Å². The first-order valence-corrected chi connectivity index (χ1v) is 3.88. The van der Waals surface area contributed by atoms with E-state index in [-0.39, 0.29) is 17.3 Å². The summed E-state index contributed by atoms with van der Waals surface area (Å²) in [7, 11) is 0. The number of rotatable bonds is 2. The molecule has 2 nitrogen and oxygen atoms in total. The minimum atomic E-state index is -2.86. The molecule has 0 unspecified atom stereocenters. The van der Waals surface area contributed by atoms with Crippen LogP contribution in [0.25, 0.3) is 0 Å². The lowest BCUT2D eigenvalue weighted by molar-refractivity contribution is 0.150. The average Bonchev–Trinajstić information content (AvgIpc) is 2.07. The van der Waals surface area contributed by atoms with Crippen molar-refractivity contribution in [2.75, 3.05) is 5.73 Å². The zero-order valence-electron chi connectivity index (χ0n) is 6.40. The van der Waals surface area contributed by atoms with Gasteiger partial charge in [-0.25, -0.2) is 18.2 Å². The Bertz CT molecular complexity index is 317. The van der Waals surface area contributed by atoms with Crippen molar-refractivity contribution in [1.82, 2.24) is 4.98 Å². The molecule has 1 aromatic heterocycles. The molecule has 1 rings (SSSR count). The Morgan fingerprint density at radius 2 is 2.15 bits per heavy atom. The fraction of sp³-hybridized carbons (Fsp3) is 0.286. The van der Waals surface area contributed by atoms with Crippen LogP contribution in [0.2, 0.25) is 0 Å². The number of nitrogen functional groups attached to an aromatic ring is 1. The van der Waals surface area contributed by atoms with E-state index in [1.807, 2.05) is 0 Å². The number of hydrogen-bond acceptors (Lipinski definition) is 2. The first-order valence-electron chi connectivity index (χ1n) is 3.34. The first kappa shape index (κ1) is 10.1. The van der Waals surface area contributed by atoms with Crippen LogP contribution >= 0.6 is 11.6 Å². The lowest BCUT2D eigenvalue weighted by atomic mass is 10.1. The van der Waals surface area contributed by atoms with Crippen LogP contribution in [0.1, 0.15) is 17.6 Å². The van der Waals surface area contributed by atoms with Crippen molar-refractivity contribution in [1.29, 1.82) is 0 Å². The number of pyridine rings is 1. The number of halogens is 4. The average molecular weight is 211 g/mol. The van der Waals surface area contributed by atoms with Crippen LogP contribution in [-0.4, -0.2) is 4.98 Å². The molecule has 1 heterocycles. The standard InChI is InChI=1S/C7H6ClF3N2/c8-1-3-4(9)2-13-7(12)5(3)6(10)11/h2,6H,1H2,(H2,12,13). The molecule has 72 valence electrons. The molecular weight excluding hydrogens is 205 g/mol. The summed E-state index contributed by atoms with van der Waals surface area (Å²) in [5.41, 5.74) is 4.25. The predicted octanol–water partition coefficient (Wildman–Crippen LogP) is 2.48. The van der Waals surface area contributed by atoms with E-state index in [0.717, 1.165) is 6.20 Å². The van der Waals surface area contributed by atoms with Crippen LogP contribution in [0.3, 0.4) is 0 Å². The minimum absolute atomic E-state index is 0.288. The second kappa shape index (κ2) is 3.83. The molecule has 0 radical (unpaired) electrons. The Morgan fingerprint density at radius 1 is 1.54 bits per heavy atom. The molecule has 0 amide bonds. The summed E-state index contributed by atoms with van der Waals surface area (Å²) in [6.07, 6.45) is -2.09. The van der Waals surface area contributed by atoms with Gasteiger partial charge in [0.15, 0.2) is 0 Å². The molecule has 2 N–H and O–H groups in total. The summed E-state index contributed by atoms with van der Waals surface area (Å²) in [5, 5.41) is 0. The van der Waals surface area contributed by atoms with Crippen LogP contribution in [0, 0.1) is 5.82 Å². The van der Waals surface area contributed by atoms with Gasteiger partial charge in [0.25, 0.3) is 6.43 Å². The second-order valence-electron chi connectivity index (χ2n) is 2.32. The summed E-state index contributed by atoms with van der Waals surface area (Å²) in [4.78, 5) is 3.27. The Morgan fingerprint density at radius 3 is 2.54 bits per heavy atom. The van der Waals surface area contributed by atoms with Gasteiger partial charge < -0.3 is 5.73 Å². The van der Waals surface area contributed by atoms with Crippen LogP contribution in [0.5, 0.6) is 0 Å². The fourth-order valence-corrected chi connectivity index (χ4v) is 1.21. The fourth-order valence-electron chi connectivity index (χ4n) is 0.936. The molecule has 0 saturated heterocycles. The van der Waals surface area contributed by atoms with Crippen LogP contribution in [0.4, 0.5) is 19.0 Å². The van der Waals surface area contributed by atoms with Gasteiger partial charge in [-0.15, -0.1) is 11.6 Å². The monoisotopic (exact) mass is 210 g/mol. The van der Waals surface area contributed by atoms with Crippen molar-refractivity contribution in [2.24, 2.45) is 0 Å². The lowest BCUT2D eigenvalue weighted by Crippen LogP contribution is -2.04. The third kappa shape index (κ3) is 1.85. The zero-order chi connectivity index (χ0) is 10.0. The van der Waals surface area contributed by atoms with E-state index in [1.54, 1.807) is 0 Å². The highest BCUT2D eigenvalue weighted by atomic mass is 35.5. The van der Waals surface area contributed by atoms with E-state index in [1.165, 1.54) is 0 Å². The quantitative estimate of drug-likeness (QED) is 0.762. The first-order chi connectivity index (χ1) is 6.07. The van der Waals surface area contributed by atoms with Crippen LogP contribution < -0.4 is 5.73 Å². The van der Waals surface area contributed by atoms with E-state index >= 15 is 0 Å². The number of hydrogen-bond donors (Lipinski definition) is 1. The third-order valence-corrected chi connectivity index (χ3v) is 1.83. The normalized spacial score (nSPS) is 10.8. The molecule has 1 aromatic rings. The van der Waals surface area contributed by atoms with Crippen molar-refractivity contribution < 1.29 is 13.2 Å². The molecular formula is C7H6ClF3N2. The van der Waals surface area contributed by atoms with Gasteiger partial charge in [0.2, 0.25) is 0 Å². The molecule has 0 aliphatic heterocycles. The number of nitrogens with zero attached hydrogens (tertiary/aromatic N) is 1. The Labute approximate surface area is 77.5 Å². The molecule has 0 aliphatic carbocycles. The van der Waals surface area contributed by atoms with E-state index in [0.29, 0.717) is 0 Å². The highest BCUT2D eigenvalue weighted by molar-refractivity contribution is 6.17. The molecule has 0 fully saturated rings. The zero-order valence-corrected chi connectivity index (χ0v) is 7.15. The molecule has 13 heavy (non-hydrogen) atoms.